The smallest absolute Gasteiger partial charge is 0.192 e. The van der Waals surface area contributed by atoms with Crippen molar-refractivity contribution >= 4 is 5.96 Å². The van der Waals surface area contributed by atoms with Gasteiger partial charge in [-0.1, -0.05) is 19.8 Å². The first kappa shape index (κ1) is 17.8. The molecule has 4 rings (SSSR count). The van der Waals surface area contributed by atoms with E-state index in [1.165, 1.54) is 45.1 Å². The maximum absolute atomic E-state index is 4.87. The summed E-state index contributed by atoms with van der Waals surface area (Å²) in [4.78, 5) is 7.52. The molecular formula is C19H33N7. The first-order valence-electron chi connectivity index (χ1n) is 10.3. The first-order valence-corrected chi connectivity index (χ1v) is 10.3. The Hall–Kier alpha value is -1.63. The van der Waals surface area contributed by atoms with Gasteiger partial charge in [0.25, 0.3) is 0 Å². The van der Waals surface area contributed by atoms with Crippen LogP contribution in [0, 0.1) is 12.8 Å². The summed E-state index contributed by atoms with van der Waals surface area (Å²) in [6, 6.07) is 1.87. The monoisotopic (exact) mass is 359 g/mol. The Bertz CT molecular complexity index is 642. The Balaban J connectivity index is 1.43. The predicted octanol–water partition coefficient (Wildman–Crippen LogP) is 1.58. The quantitative estimate of drug-likeness (QED) is 0.617. The highest BCUT2D eigenvalue weighted by atomic mass is 15.3. The van der Waals surface area contributed by atoms with E-state index in [-0.39, 0.29) is 0 Å². The molecule has 2 unspecified atom stereocenters. The highest BCUT2D eigenvalue weighted by Gasteiger charge is 2.38. The molecule has 3 aliphatic rings. The van der Waals surface area contributed by atoms with Crippen molar-refractivity contribution in [3.05, 3.63) is 11.6 Å². The second-order valence-electron chi connectivity index (χ2n) is 8.43. The van der Waals surface area contributed by atoms with Crippen molar-refractivity contribution < 1.29 is 0 Å². The van der Waals surface area contributed by atoms with Gasteiger partial charge in [-0.25, -0.2) is 4.99 Å². The lowest BCUT2D eigenvalue weighted by Gasteiger charge is -2.23. The fraction of sp³-hybridized carbons (Fsp3) is 0.842. The zero-order valence-electron chi connectivity index (χ0n) is 16.4. The number of likely N-dealkylation sites (tertiary alicyclic amines) is 1. The average molecular weight is 360 g/mol. The average Bonchev–Trinajstić information content (AvgIpc) is 3.10. The van der Waals surface area contributed by atoms with Crippen LogP contribution in [0.1, 0.15) is 57.1 Å². The van der Waals surface area contributed by atoms with Gasteiger partial charge >= 0.3 is 0 Å². The molecule has 0 amide bonds. The minimum atomic E-state index is 0.476. The Kier molecular flexibility index (Phi) is 5.16. The van der Waals surface area contributed by atoms with Gasteiger partial charge in [-0.15, -0.1) is 10.2 Å². The Morgan fingerprint density at radius 2 is 1.88 bits per heavy atom. The summed E-state index contributed by atoms with van der Waals surface area (Å²) in [6.07, 6.45) is 7.90. The molecule has 2 N–H and O–H groups in total. The molecule has 7 nitrogen and oxygen atoms in total. The van der Waals surface area contributed by atoms with E-state index in [1.807, 2.05) is 18.5 Å². The lowest BCUT2D eigenvalue weighted by molar-refractivity contribution is 0.315. The number of rotatable bonds is 5. The van der Waals surface area contributed by atoms with Gasteiger partial charge < -0.3 is 15.2 Å². The van der Waals surface area contributed by atoms with E-state index in [2.05, 4.69) is 32.7 Å². The number of aliphatic imine (C=N–C) groups is 1. The van der Waals surface area contributed by atoms with Gasteiger partial charge in [0.05, 0.1) is 0 Å². The number of guanidine groups is 1. The summed E-state index contributed by atoms with van der Waals surface area (Å²) in [5.41, 5.74) is 0. The van der Waals surface area contributed by atoms with E-state index in [1.54, 1.807) is 0 Å². The molecule has 7 heteroatoms. The third kappa shape index (κ3) is 4.03. The topological polar surface area (TPSA) is 70.4 Å². The van der Waals surface area contributed by atoms with Gasteiger partial charge in [0.15, 0.2) is 11.8 Å². The van der Waals surface area contributed by atoms with Gasteiger partial charge in [0.2, 0.25) is 0 Å². The molecule has 1 aliphatic heterocycles. The molecule has 1 aromatic rings. The van der Waals surface area contributed by atoms with Crippen molar-refractivity contribution in [1.29, 1.82) is 0 Å². The maximum Gasteiger partial charge on any atom is 0.192 e. The van der Waals surface area contributed by atoms with Crippen LogP contribution in [-0.2, 0) is 13.6 Å². The van der Waals surface area contributed by atoms with Gasteiger partial charge in [0.1, 0.15) is 12.4 Å². The van der Waals surface area contributed by atoms with Crippen molar-refractivity contribution in [2.75, 3.05) is 13.1 Å². The molecule has 26 heavy (non-hydrogen) atoms. The summed E-state index contributed by atoms with van der Waals surface area (Å²) in [5, 5.41) is 15.8. The van der Waals surface area contributed by atoms with E-state index in [9.17, 15) is 0 Å². The summed E-state index contributed by atoms with van der Waals surface area (Å²) in [6.45, 7) is 7.25. The van der Waals surface area contributed by atoms with Crippen molar-refractivity contribution in [2.24, 2.45) is 18.0 Å². The molecule has 2 saturated carbocycles. The van der Waals surface area contributed by atoms with Crippen LogP contribution in [0.3, 0.4) is 0 Å². The van der Waals surface area contributed by atoms with E-state index < -0.39 is 0 Å². The molecule has 1 saturated heterocycles. The summed E-state index contributed by atoms with van der Waals surface area (Å²) < 4.78 is 2.02. The van der Waals surface area contributed by atoms with Crippen LogP contribution in [-0.4, -0.2) is 56.8 Å². The molecule has 1 aromatic heterocycles. The zero-order chi connectivity index (χ0) is 18.1. The third-order valence-electron chi connectivity index (χ3n) is 6.28. The molecule has 0 bridgehead atoms. The lowest BCUT2D eigenvalue weighted by atomic mass is 10.1. The van der Waals surface area contributed by atoms with Crippen LogP contribution < -0.4 is 10.6 Å². The molecule has 0 spiro atoms. The molecule has 3 fully saturated rings. The molecule has 0 radical (unpaired) electrons. The summed E-state index contributed by atoms with van der Waals surface area (Å²) in [7, 11) is 2.00. The number of hydrogen-bond acceptors (Lipinski definition) is 4. The highest BCUT2D eigenvalue weighted by Crippen LogP contribution is 2.31. The predicted molar refractivity (Wildman–Crippen MR) is 103 cm³/mol. The molecule has 2 atom stereocenters. The number of hydrogen-bond donors (Lipinski definition) is 2. The fourth-order valence-corrected chi connectivity index (χ4v) is 4.24. The SMILES string of the molecule is Cc1nnc(CN=C(NC2CCCC2)NC2CN(C3CC3)CC2C)n1C. The minimum Gasteiger partial charge on any atom is -0.354 e. The Morgan fingerprint density at radius 3 is 2.54 bits per heavy atom. The van der Waals surface area contributed by atoms with Crippen LogP contribution in [0.2, 0.25) is 0 Å². The van der Waals surface area contributed by atoms with Crippen molar-refractivity contribution in [3.63, 3.8) is 0 Å². The molecule has 2 aliphatic carbocycles. The number of nitrogens with zero attached hydrogens (tertiary/aromatic N) is 5. The van der Waals surface area contributed by atoms with Gasteiger partial charge in [-0.2, -0.15) is 0 Å². The van der Waals surface area contributed by atoms with Crippen molar-refractivity contribution in [2.45, 2.75) is 77.0 Å². The first-order chi connectivity index (χ1) is 12.6. The largest absolute Gasteiger partial charge is 0.354 e. The third-order valence-corrected chi connectivity index (χ3v) is 6.28. The van der Waals surface area contributed by atoms with Crippen LogP contribution in [0.25, 0.3) is 0 Å². The van der Waals surface area contributed by atoms with Gasteiger partial charge in [-0.3, -0.25) is 4.90 Å². The second kappa shape index (κ2) is 7.55. The van der Waals surface area contributed by atoms with Crippen LogP contribution >= 0.6 is 0 Å². The van der Waals surface area contributed by atoms with Gasteiger partial charge in [0, 0.05) is 38.3 Å². The van der Waals surface area contributed by atoms with E-state index in [0.29, 0.717) is 24.5 Å². The minimum absolute atomic E-state index is 0.476. The number of aromatic nitrogens is 3. The second-order valence-corrected chi connectivity index (χ2v) is 8.43. The van der Waals surface area contributed by atoms with E-state index >= 15 is 0 Å². The van der Waals surface area contributed by atoms with E-state index in [4.69, 9.17) is 4.99 Å². The van der Waals surface area contributed by atoms with Gasteiger partial charge in [-0.05, 0) is 38.5 Å². The zero-order valence-corrected chi connectivity index (χ0v) is 16.4. The van der Waals surface area contributed by atoms with Crippen molar-refractivity contribution in [3.8, 4) is 0 Å². The fourth-order valence-electron chi connectivity index (χ4n) is 4.24. The van der Waals surface area contributed by atoms with Crippen LogP contribution in [0.5, 0.6) is 0 Å². The summed E-state index contributed by atoms with van der Waals surface area (Å²) in [5.74, 6) is 3.45. The number of nitrogens with one attached hydrogen (secondary N) is 2. The van der Waals surface area contributed by atoms with Crippen molar-refractivity contribution in [1.82, 2.24) is 30.3 Å². The standard InChI is InChI=1S/C19H33N7/c1-13-11-26(16-8-9-16)12-17(13)22-19(21-15-6-4-5-7-15)20-10-18-24-23-14(2)25(18)3/h13,15-17H,4-12H2,1-3H3,(H2,20,21,22). The number of aryl methyl sites for hydroxylation is 1. The molecule has 144 valence electrons. The summed E-state index contributed by atoms with van der Waals surface area (Å²) >= 11 is 0. The maximum atomic E-state index is 4.87. The van der Waals surface area contributed by atoms with E-state index in [0.717, 1.165) is 30.2 Å². The molecule has 2 heterocycles. The molecular weight excluding hydrogens is 326 g/mol. The lowest BCUT2D eigenvalue weighted by Crippen LogP contribution is -2.49. The Morgan fingerprint density at radius 1 is 1.12 bits per heavy atom. The highest BCUT2D eigenvalue weighted by molar-refractivity contribution is 5.80. The Labute approximate surface area is 156 Å². The van der Waals surface area contributed by atoms with Crippen LogP contribution in [0.4, 0.5) is 0 Å². The normalized spacial score (nSPS) is 28.0. The van der Waals surface area contributed by atoms with Crippen LogP contribution in [0.15, 0.2) is 4.99 Å². The molecule has 0 aromatic carbocycles.